The molecule has 0 bridgehead atoms. The summed E-state index contributed by atoms with van der Waals surface area (Å²) in [5, 5.41) is 0. The van der Waals surface area contributed by atoms with Gasteiger partial charge in [-0.3, -0.25) is 4.79 Å². The third kappa shape index (κ3) is 0.609. The van der Waals surface area contributed by atoms with E-state index in [9.17, 15) is 4.79 Å². The summed E-state index contributed by atoms with van der Waals surface area (Å²) in [6.45, 7) is 4.16. The van der Waals surface area contributed by atoms with E-state index in [0.29, 0.717) is 11.7 Å². The zero-order valence-electron chi connectivity index (χ0n) is 6.68. The van der Waals surface area contributed by atoms with E-state index in [0.717, 1.165) is 12.3 Å². The van der Waals surface area contributed by atoms with Crippen LogP contribution in [-0.2, 0) is 4.79 Å². The van der Waals surface area contributed by atoms with Crippen molar-refractivity contribution in [1.29, 1.82) is 0 Å². The number of carbonyl (C=O) groups is 1. The number of carbonyl (C=O) groups excluding carboxylic acids is 1. The monoisotopic (exact) mass is 138 g/mol. The van der Waals surface area contributed by atoms with Crippen molar-refractivity contribution in [3.05, 3.63) is 0 Å². The zero-order chi connectivity index (χ0) is 7.35. The van der Waals surface area contributed by atoms with E-state index in [-0.39, 0.29) is 5.41 Å². The number of ketones is 1. The average molecular weight is 138 g/mol. The van der Waals surface area contributed by atoms with Crippen LogP contribution in [0.2, 0.25) is 0 Å². The third-order valence-electron chi connectivity index (χ3n) is 3.23. The second-order valence-electron chi connectivity index (χ2n) is 3.93. The molecular weight excluding hydrogens is 124 g/mol. The largest absolute Gasteiger partial charge is 0.299 e. The van der Waals surface area contributed by atoms with Gasteiger partial charge in [0.2, 0.25) is 0 Å². The Morgan fingerprint density at radius 1 is 1.70 bits per heavy atom. The SMILES string of the molecule is CCC(C)C(=O)C12CC1C2. The molecule has 1 atom stereocenters. The fourth-order valence-electron chi connectivity index (χ4n) is 1.78. The standard InChI is InChI=1S/C9H14O/c1-3-6(2)8(10)9-4-7(9)5-9/h6-7H,3-5H2,1-2H3. The van der Waals surface area contributed by atoms with E-state index >= 15 is 0 Å². The molecule has 0 spiro atoms. The Balaban J connectivity index is 1.99. The highest BCUT2D eigenvalue weighted by Crippen LogP contribution is 2.76. The summed E-state index contributed by atoms with van der Waals surface area (Å²) in [7, 11) is 0. The highest BCUT2D eigenvalue weighted by molar-refractivity contribution is 5.93. The van der Waals surface area contributed by atoms with Gasteiger partial charge in [-0.15, -0.1) is 0 Å². The second kappa shape index (κ2) is 1.63. The summed E-state index contributed by atoms with van der Waals surface area (Å²) >= 11 is 0. The molecule has 0 N–H and O–H groups in total. The van der Waals surface area contributed by atoms with E-state index in [1.165, 1.54) is 12.8 Å². The Morgan fingerprint density at radius 3 is 2.50 bits per heavy atom. The quantitative estimate of drug-likeness (QED) is 0.583. The fraction of sp³-hybridized carbons (Fsp3) is 0.889. The van der Waals surface area contributed by atoms with Gasteiger partial charge >= 0.3 is 0 Å². The van der Waals surface area contributed by atoms with Crippen LogP contribution >= 0.6 is 0 Å². The smallest absolute Gasteiger partial charge is 0.142 e. The molecule has 0 aromatic carbocycles. The van der Waals surface area contributed by atoms with Crippen LogP contribution in [0.4, 0.5) is 0 Å². The molecule has 0 amide bonds. The third-order valence-corrected chi connectivity index (χ3v) is 3.23. The minimum absolute atomic E-state index is 0.259. The zero-order valence-corrected chi connectivity index (χ0v) is 6.68. The molecular formula is C9H14O. The van der Waals surface area contributed by atoms with Gasteiger partial charge in [-0.05, 0) is 25.2 Å². The van der Waals surface area contributed by atoms with Crippen LogP contribution in [0.5, 0.6) is 0 Å². The van der Waals surface area contributed by atoms with Crippen LogP contribution in [0, 0.1) is 17.3 Å². The van der Waals surface area contributed by atoms with Crippen LogP contribution in [0.3, 0.4) is 0 Å². The van der Waals surface area contributed by atoms with Crippen LogP contribution in [0.25, 0.3) is 0 Å². The first kappa shape index (κ1) is 6.38. The molecule has 0 saturated heterocycles. The molecule has 2 aliphatic carbocycles. The summed E-state index contributed by atoms with van der Waals surface area (Å²) in [6.07, 6.45) is 3.46. The van der Waals surface area contributed by atoms with E-state index in [4.69, 9.17) is 0 Å². The normalized spacial score (nSPS) is 44.0. The van der Waals surface area contributed by atoms with Gasteiger partial charge in [0.25, 0.3) is 0 Å². The van der Waals surface area contributed by atoms with Crippen LogP contribution in [0.1, 0.15) is 33.1 Å². The van der Waals surface area contributed by atoms with E-state index < -0.39 is 0 Å². The Hall–Kier alpha value is -0.330. The lowest BCUT2D eigenvalue weighted by Gasteiger charge is -2.08. The molecule has 0 aromatic rings. The Kier molecular flexibility index (Phi) is 1.04. The molecule has 2 fully saturated rings. The number of fused-ring (bicyclic) bond motifs is 1. The van der Waals surface area contributed by atoms with Gasteiger partial charge in [-0.2, -0.15) is 0 Å². The van der Waals surface area contributed by atoms with Crippen molar-refractivity contribution in [2.24, 2.45) is 17.3 Å². The first-order valence-corrected chi connectivity index (χ1v) is 4.25. The Labute approximate surface area is 61.8 Å². The number of hydrogen-bond acceptors (Lipinski definition) is 1. The highest BCUT2D eigenvalue weighted by atomic mass is 16.1. The lowest BCUT2D eigenvalue weighted by atomic mass is 9.95. The van der Waals surface area contributed by atoms with Gasteiger partial charge in [0.05, 0.1) is 0 Å². The minimum atomic E-state index is 0.259. The maximum atomic E-state index is 11.5. The van der Waals surface area contributed by atoms with Crippen LogP contribution in [-0.4, -0.2) is 5.78 Å². The average Bonchev–Trinajstić information content (AvgIpc) is 2.69. The van der Waals surface area contributed by atoms with Crippen molar-refractivity contribution in [1.82, 2.24) is 0 Å². The van der Waals surface area contributed by atoms with Crippen molar-refractivity contribution in [3.63, 3.8) is 0 Å². The van der Waals surface area contributed by atoms with Crippen LogP contribution in [0.15, 0.2) is 0 Å². The predicted molar refractivity (Wildman–Crippen MR) is 39.6 cm³/mol. The molecule has 0 aromatic heterocycles. The molecule has 56 valence electrons. The molecule has 0 heterocycles. The van der Waals surface area contributed by atoms with Crippen molar-refractivity contribution in [2.45, 2.75) is 33.1 Å². The number of rotatable bonds is 3. The van der Waals surface area contributed by atoms with Gasteiger partial charge in [-0.25, -0.2) is 0 Å². The van der Waals surface area contributed by atoms with Crippen molar-refractivity contribution >= 4 is 5.78 Å². The van der Waals surface area contributed by atoms with E-state index in [1.807, 2.05) is 0 Å². The summed E-state index contributed by atoms with van der Waals surface area (Å²) in [4.78, 5) is 11.5. The van der Waals surface area contributed by atoms with Gasteiger partial charge in [-0.1, -0.05) is 13.8 Å². The summed E-state index contributed by atoms with van der Waals surface area (Å²) in [6, 6.07) is 0. The first-order valence-electron chi connectivity index (χ1n) is 4.25. The minimum Gasteiger partial charge on any atom is -0.299 e. The maximum absolute atomic E-state index is 11.5. The molecule has 1 nitrogen and oxygen atoms in total. The van der Waals surface area contributed by atoms with Gasteiger partial charge in [0.1, 0.15) is 5.78 Å². The molecule has 2 aliphatic rings. The predicted octanol–water partition coefficient (Wildman–Crippen LogP) is 2.01. The molecule has 1 heteroatoms. The number of Topliss-reactive ketones (excluding diaryl/α,β-unsaturated/α-hetero) is 1. The topological polar surface area (TPSA) is 17.1 Å². The highest BCUT2D eigenvalue weighted by Gasteiger charge is 2.74. The molecule has 1 unspecified atom stereocenters. The van der Waals surface area contributed by atoms with Crippen molar-refractivity contribution in [2.75, 3.05) is 0 Å². The molecule has 10 heavy (non-hydrogen) atoms. The lowest BCUT2D eigenvalue weighted by Crippen LogP contribution is -2.16. The number of hydrogen-bond donors (Lipinski definition) is 0. The van der Waals surface area contributed by atoms with Gasteiger partial charge < -0.3 is 0 Å². The lowest BCUT2D eigenvalue weighted by molar-refractivity contribution is -0.125. The van der Waals surface area contributed by atoms with Gasteiger partial charge in [0, 0.05) is 11.3 Å². The Bertz CT molecular complexity index is 177. The Morgan fingerprint density at radius 2 is 2.20 bits per heavy atom. The van der Waals surface area contributed by atoms with E-state index in [1.54, 1.807) is 0 Å². The maximum Gasteiger partial charge on any atom is 0.142 e. The first-order chi connectivity index (χ1) is 4.70. The van der Waals surface area contributed by atoms with Crippen molar-refractivity contribution < 1.29 is 4.79 Å². The molecule has 2 saturated carbocycles. The summed E-state index contributed by atoms with van der Waals surface area (Å²) in [5.41, 5.74) is 0.259. The van der Waals surface area contributed by atoms with Crippen LogP contribution < -0.4 is 0 Å². The van der Waals surface area contributed by atoms with Gasteiger partial charge in [0.15, 0.2) is 0 Å². The fourth-order valence-corrected chi connectivity index (χ4v) is 1.78. The second-order valence-corrected chi connectivity index (χ2v) is 3.93. The summed E-state index contributed by atoms with van der Waals surface area (Å²) in [5.74, 6) is 1.71. The molecule has 0 aliphatic heterocycles. The molecule has 2 rings (SSSR count). The van der Waals surface area contributed by atoms with E-state index in [2.05, 4.69) is 13.8 Å². The summed E-state index contributed by atoms with van der Waals surface area (Å²) < 4.78 is 0. The molecule has 0 radical (unpaired) electrons. The van der Waals surface area contributed by atoms with Crippen molar-refractivity contribution in [3.8, 4) is 0 Å².